The van der Waals surface area contributed by atoms with E-state index in [1.165, 1.54) is 0 Å². The highest BCUT2D eigenvalue weighted by Gasteiger charge is 2.31. The zero-order chi connectivity index (χ0) is 20.4. The molecule has 1 amide bonds. The SMILES string of the molecule is CC[C@H](C(=O)Nc1ccc(C)c(C)c1)N(c1ccc(C)c(Cl)c1)S(C)(=O)=O. The summed E-state index contributed by atoms with van der Waals surface area (Å²) in [6.07, 6.45) is 1.40. The monoisotopic (exact) mass is 408 g/mol. The molecule has 0 aliphatic carbocycles. The average molecular weight is 409 g/mol. The molecule has 0 aliphatic rings. The topological polar surface area (TPSA) is 66.5 Å². The summed E-state index contributed by atoms with van der Waals surface area (Å²) in [5.74, 6) is -0.386. The number of hydrogen-bond donors (Lipinski definition) is 1. The molecule has 7 heteroatoms. The van der Waals surface area contributed by atoms with E-state index in [-0.39, 0.29) is 5.91 Å². The first kappa shape index (κ1) is 21.3. The number of amides is 1. The predicted molar refractivity (Wildman–Crippen MR) is 112 cm³/mol. The first-order chi connectivity index (χ1) is 12.5. The maximum absolute atomic E-state index is 12.9. The molecule has 0 unspecified atom stereocenters. The molecule has 0 aliphatic heterocycles. The molecule has 0 fully saturated rings. The summed E-state index contributed by atoms with van der Waals surface area (Å²) in [5, 5.41) is 3.28. The Morgan fingerprint density at radius 2 is 1.70 bits per heavy atom. The van der Waals surface area contributed by atoms with Crippen LogP contribution in [0.15, 0.2) is 36.4 Å². The smallest absolute Gasteiger partial charge is 0.248 e. The van der Waals surface area contributed by atoms with Gasteiger partial charge in [-0.3, -0.25) is 9.10 Å². The van der Waals surface area contributed by atoms with Crippen LogP contribution in [0.3, 0.4) is 0 Å². The standard InChI is InChI=1S/C20H25ClN2O3S/c1-6-19(20(24)22-16-9-7-13(2)15(4)11-16)23(27(5,25)26)17-10-8-14(3)18(21)12-17/h7-12,19H,6H2,1-5H3,(H,22,24)/t19-/m1/s1. The second-order valence-electron chi connectivity index (χ2n) is 6.70. The molecular weight excluding hydrogens is 384 g/mol. The van der Waals surface area contributed by atoms with Gasteiger partial charge < -0.3 is 5.32 Å². The van der Waals surface area contributed by atoms with E-state index in [2.05, 4.69) is 5.32 Å². The van der Waals surface area contributed by atoms with Crippen LogP contribution in [0.5, 0.6) is 0 Å². The lowest BCUT2D eigenvalue weighted by Crippen LogP contribution is -2.47. The summed E-state index contributed by atoms with van der Waals surface area (Å²) in [6.45, 7) is 7.56. The second kappa shape index (κ2) is 8.31. The van der Waals surface area contributed by atoms with Gasteiger partial charge in [-0.15, -0.1) is 0 Å². The normalized spacial score (nSPS) is 12.5. The van der Waals surface area contributed by atoms with Gasteiger partial charge in [-0.2, -0.15) is 0 Å². The zero-order valence-electron chi connectivity index (χ0n) is 16.2. The summed E-state index contributed by atoms with van der Waals surface area (Å²) in [6, 6.07) is 9.68. The number of halogens is 1. The number of hydrogen-bond acceptors (Lipinski definition) is 3. The molecule has 27 heavy (non-hydrogen) atoms. The summed E-state index contributed by atoms with van der Waals surface area (Å²) < 4.78 is 26.1. The van der Waals surface area contributed by atoms with Crippen LogP contribution in [0.1, 0.15) is 30.0 Å². The highest BCUT2D eigenvalue weighted by Crippen LogP contribution is 2.28. The molecule has 2 aromatic rings. The molecule has 0 saturated heterocycles. The van der Waals surface area contributed by atoms with Gasteiger partial charge in [0.25, 0.3) is 0 Å². The lowest BCUT2D eigenvalue weighted by Gasteiger charge is -2.30. The lowest BCUT2D eigenvalue weighted by molar-refractivity contribution is -0.117. The van der Waals surface area contributed by atoms with E-state index in [1.807, 2.05) is 32.9 Å². The van der Waals surface area contributed by atoms with Gasteiger partial charge >= 0.3 is 0 Å². The Morgan fingerprint density at radius 3 is 2.22 bits per heavy atom. The number of anilines is 2. The van der Waals surface area contributed by atoms with Gasteiger partial charge in [0.15, 0.2) is 0 Å². The van der Waals surface area contributed by atoms with E-state index in [1.54, 1.807) is 31.2 Å². The van der Waals surface area contributed by atoms with E-state index >= 15 is 0 Å². The number of carbonyl (C=O) groups excluding carboxylic acids is 1. The number of carbonyl (C=O) groups is 1. The van der Waals surface area contributed by atoms with Crippen LogP contribution in [0.2, 0.25) is 5.02 Å². The number of sulfonamides is 1. The maximum atomic E-state index is 12.9. The van der Waals surface area contributed by atoms with E-state index in [9.17, 15) is 13.2 Å². The van der Waals surface area contributed by atoms with Gasteiger partial charge in [0, 0.05) is 10.7 Å². The van der Waals surface area contributed by atoms with Crippen molar-refractivity contribution in [2.24, 2.45) is 0 Å². The van der Waals surface area contributed by atoms with Crippen molar-refractivity contribution in [2.45, 2.75) is 40.2 Å². The molecule has 0 aromatic heterocycles. The first-order valence-electron chi connectivity index (χ1n) is 8.68. The van der Waals surface area contributed by atoms with Crippen molar-refractivity contribution in [1.29, 1.82) is 0 Å². The summed E-state index contributed by atoms with van der Waals surface area (Å²) >= 11 is 6.18. The van der Waals surface area contributed by atoms with Crippen molar-refractivity contribution < 1.29 is 13.2 Å². The van der Waals surface area contributed by atoms with E-state index in [4.69, 9.17) is 11.6 Å². The van der Waals surface area contributed by atoms with Crippen LogP contribution < -0.4 is 9.62 Å². The number of aryl methyl sites for hydroxylation is 3. The van der Waals surface area contributed by atoms with Crippen molar-refractivity contribution in [3.05, 3.63) is 58.1 Å². The van der Waals surface area contributed by atoms with Crippen molar-refractivity contribution in [2.75, 3.05) is 15.9 Å². The Morgan fingerprint density at radius 1 is 1.07 bits per heavy atom. The third-order valence-corrected chi connectivity index (χ3v) is 6.10. The molecular formula is C20H25ClN2O3S. The Labute approximate surface area is 166 Å². The fourth-order valence-corrected chi connectivity index (χ4v) is 4.20. The Balaban J connectivity index is 2.40. The maximum Gasteiger partial charge on any atom is 0.248 e. The Hall–Kier alpha value is -2.05. The molecule has 0 radical (unpaired) electrons. The fraction of sp³-hybridized carbons (Fsp3) is 0.350. The average Bonchev–Trinajstić information content (AvgIpc) is 2.57. The van der Waals surface area contributed by atoms with Gasteiger partial charge in [0.1, 0.15) is 6.04 Å². The van der Waals surface area contributed by atoms with Gasteiger partial charge in [0.05, 0.1) is 11.9 Å². The summed E-state index contributed by atoms with van der Waals surface area (Å²) in [4.78, 5) is 12.9. The van der Waals surface area contributed by atoms with E-state index in [0.717, 1.165) is 27.3 Å². The van der Waals surface area contributed by atoms with E-state index < -0.39 is 16.1 Å². The van der Waals surface area contributed by atoms with Crippen LogP contribution in [0.4, 0.5) is 11.4 Å². The molecule has 1 atom stereocenters. The quantitative estimate of drug-likeness (QED) is 0.767. The van der Waals surface area contributed by atoms with Crippen LogP contribution in [-0.2, 0) is 14.8 Å². The number of benzene rings is 2. The van der Waals surface area contributed by atoms with Crippen LogP contribution in [-0.4, -0.2) is 26.6 Å². The molecule has 0 heterocycles. The molecule has 2 aromatic carbocycles. The minimum Gasteiger partial charge on any atom is -0.324 e. The van der Waals surface area contributed by atoms with Crippen LogP contribution in [0.25, 0.3) is 0 Å². The molecule has 1 N–H and O–H groups in total. The molecule has 0 spiro atoms. The first-order valence-corrected chi connectivity index (χ1v) is 10.9. The molecule has 0 saturated carbocycles. The largest absolute Gasteiger partial charge is 0.324 e. The minimum atomic E-state index is -3.70. The van der Waals surface area contributed by atoms with Gasteiger partial charge in [-0.25, -0.2) is 8.42 Å². The van der Waals surface area contributed by atoms with Crippen LogP contribution >= 0.6 is 11.6 Å². The van der Waals surface area contributed by atoms with Crippen molar-refractivity contribution in [3.8, 4) is 0 Å². The summed E-state index contributed by atoms with van der Waals surface area (Å²) in [7, 11) is -3.70. The minimum absolute atomic E-state index is 0.315. The lowest BCUT2D eigenvalue weighted by atomic mass is 10.1. The Kier molecular flexibility index (Phi) is 6.54. The number of rotatable bonds is 6. The van der Waals surface area contributed by atoms with Crippen molar-refractivity contribution >= 4 is 38.9 Å². The van der Waals surface area contributed by atoms with Crippen molar-refractivity contribution in [3.63, 3.8) is 0 Å². The highest BCUT2D eigenvalue weighted by molar-refractivity contribution is 7.92. The highest BCUT2D eigenvalue weighted by atomic mass is 35.5. The molecule has 0 bridgehead atoms. The molecule has 5 nitrogen and oxygen atoms in total. The number of nitrogens with one attached hydrogen (secondary N) is 1. The molecule has 146 valence electrons. The molecule has 2 rings (SSSR count). The number of nitrogens with zero attached hydrogens (tertiary/aromatic N) is 1. The van der Waals surface area contributed by atoms with Crippen LogP contribution in [0, 0.1) is 20.8 Å². The third kappa shape index (κ3) is 5.02. The van der Waals surface area contributed by atoms with Gasteiger partial charge in [0.2, 0.25) is 15.9 Å². The summed E-state index contributed by atoms with van der Waals surface area (Å²) in [5.41, 5.74) is 4.01. The van der Waals surface area contributed by atoms with E-state index in [0.29, 0.717) is 22.8 Å². The Bertz CT molecular complexity index is 958. The fourth-order valence-electron chi connectivity index (χ4n) is 2.82. The zero-order valence-corrected chi connectivity index (χ0v) is 17.8. The van der Waals surface area contributed by atoms with Gasteiger partial charge in [-0.05, 0) is 68.1 Å². The third-order valence-electron chi connectivity index (χ3n) is 4.51. The van der Waals surface area contributed by atoms with Crippen molar-refractivity contribution in [1.82, 2.24) is 0 Å². The second-order valence-corrected chi connectivity index (χ2v) is 8.97. The predicted octanol–water partition coefficient (Wildman–Crippen LogP) is 4.45. The van der Waals surface area contributed by atoms with Gasteiger partial charge in [-0.1, -0.05) is 30.7 Å².